The third-order valence-corrected chi connectivity index (χ3v) is 5.80. The lowest BCUT2D eigenvalue weighted by atomic mass is 9.75. The summed E-state index contributed by atoms with van der Waals surface area (Å²) in [4.78, 5) is 24.0. The molecule has 0 aromatic carbocycles. The molecule has 1 saturated carbocycles. The van der Waals surface area contributed by atoms with Gasteiger partial charge in [-0.05, 0) is 55.9 Å². The molecule has 0 aromatic heterocycles. The number of rotatable bonds is 11. The first kappa shape index (κ1) is 22.9. The van der Waals surface area contributed by atoms with Gasteiger partial charge in [-0.15, -0.1) is 0 Å². The number of carbonyl (C=O) groups excluding carboxylic acids is 2. The minimum Gasteiger partial charge on any atom is -0.462 e. The third kappa shape index (κ3) is 7.65. The summed E-state index contributed by atoms with van der Waals surface area (Å²) in [6, 6.07) is -0.324. The van der Waals surface area contributed by atoms with Crippen LogP contribution in [0.2, 0.25) is 0 Å². The van der Waals surface area contributed by atoms with Crippen molar-refractivity contribution in [3.8, 4) is 0 Å². The number of hydrogen-bond acceptors (Lipinski definition) is 4. The third-order valence-electron chi connectivity index (χ3n) is 5.80. The van der Waals surface area contributed by atoms with E-state index in [-0.39, 0.29) is 29.9 Å². The van der Waals surface area contributed by atoms with Gasteiger partial charge >= 0.3 is 5.97 Å². The van der Waals surface area contributed by atoms with Crippen molar-refractivity contribution in [2.24, 2.45) is 29.4 Å². The molecule has 1 aliphatic carbocycles. The predicted molar refractivity (Wildman–Crippen MR) is 106 cm³/mol. The number of nitrogens with two attached hydrogens (primary N) is 1. The standard InChI is InChI=1S/C21H40N2O3/c1-6-8-16(13-23-18(7-2)21(22)25)12-20(24)26-19-11-15(5)9-10-17(19)14(3)4/h14-19,23H,6-13H2,1-5H3,(H2,22,25)/t15-,16-,17+,18+,19-/m1/s1. The van der Waals surface area contributed by atoms with Gasteiger partial charge in [0.15, 0.2) is 0 Å². The van der Waals surface area contributed by atoms with Crippen LogP contribution in [-0.2, 0) is 14.3 Å². The van der Waals surface area contributed by atoms with E-state index in [1.54, 1.807) is 0 Å². The van der Waals surface area contributed by atoms with Crippen molar-refractivity contribution in [1.82, 2.24) is 5.32 Å². The molecule has 0 heterocycles. The summed E-state index contributed by atoms with van der Waals surface area (Å²) in [7, 11) is 0. The van der Waals surface area contributed by atoms with Crippen molar-refractivity contribution >= 4 is 11.9 Å². The molecule has 26 heavy (non-hydrogen) atoms. The van der Waals surface area contributed by atoms with Gasteiger partial charge in [-0.2, -0.15) is 0 Å². The average Bonchev–Trinajstić information content (AvgIpc) is 2.54. The van der Waals surface area contributed by atoms with Gasteiger partial charge in [0, 0.05) is 6.42 Å². The fraction of sp³-hybridized carbons (Fsp3) is 0.905. The van der Waals surface area contributed by atoms with E-state index in [1.807, 2.05) is 6.92 Å². The summed E-state index contributed by atoms with van der Waals surface area (Å²) in [6.07, 6.45) is 6.41. The molecule has 5 nitrogen and oxygen atoms in total. The lowest BCUT2D eigenvalue weighted by Gasteiger charge is -2.37. The molecule has 0 aromatic rings. The molecule has 5 heteroatoms. The first-order valence-corrected chi connectivity index (χ1v) is 10.5. The van der Waals surface area contributed by atoms with E-state index in [2.05, 4.69) is 33.0 Å². The van der Waals surface area contributed by atoms with Crippen LogP contribution in [0.5, 0.6) is 0 Å². The van der Waals surface area contributed by atoms with E-state index in [1.165, 1.54) is 6.42 Å². The zero-order chi connectivity index (χ0) is 19.7. The largest absolute Gasteiger partial charge is 0.462 e. The minimum atomic E-state index is -0.332. The van der Waals surface area contributed by atoms with E-state index >= 15 is 0 Å². The normalized spacial score (nSPS) is 25.7. The number of amides is 1. The second-order valence-electron chi connectivity index (χ2n) is 8.48. The molecule has 0 unspecified atom stereocenters. The van der Waals surface area contributed by atoms with Crippen LogP contribution in [0.3, 0.4) is 0 Å². The summed E-state index contributed by atoms with van der Waals surface area (Å²) in [6.45, 7) is 11.4. The summed E-state index contributed by atoms with van der Waals surface area (Å²) >= 11 is 0. The van der Waals surface area contributed by atoms with Gasteiger partial charge in [-0.25, -0.2) is 0 Å². The highest BCUT2D eigenvalue weighted by atomic mass is 16.5. The molecule has 1 amide bonds. The van der Waals surface area contributed by atoms with E-state index in [0.717, 1.165) is 25.7 Å². The van der Waals surface area contributed by atoms with Gasteiger partial charge in [0.2, 0.25) is 5.91 Å². The van der Waals surface area contributed by atoms with Crippen LogP contribution in [0.4, 0.5) is 0 Å². The summed E-state index contributed by atoms with van der Waals surface area (Å²) in [5, 5.41) is 3.21. The second-order valence-corrected chi connectivity index (χ2v) is 8.48. The smallest absolute Gasteiger partial charge is 0.306 e. The molecule has 0 bridgehead atoms. The maximum absolute atomic E-state index is 12.6. The SMILES string of the molecule is CCC[C@@H](CN[C@@H](CC)C(N)=O)CC(=O)O[C@@H]1C[C@H](C)CC[C@H]1C(C)C. The maximum Gasteiger partial charge on any atom is 0.306 e. The Hall–Kier alpha value is -1.10. The van der Waals surface area contributed by atoms with E-state index in [4.69, 9.17) is 10.5 Å². The molecule has 0 saturated heterocycles. The summed E-state index contributed by atoms with van der Waals surface area (Å²) in [5.41, 5.74) is 5.40. The Morgan fingerprint density at radius 1 is 1.23 bits per heavy atom. The predicted octanol–water partition coefficient (Wildman–Crippen LogP) is 3.65. The summed E-state index contributed by atoms with van der Waals surface area (Å²) in [5.74, 6) is 1.38. The van der Waals surface area contributed by atoms with Crippen molar-refractivity contribution in [2.45, 2.75) is 91.7 Å². The van der Waals surface area contributed by atoms with Crippen molar-refractivity contribution in [2.75, 3.05) is 6.54 Å². The Kier molecular flexibility index (Phi) is 10.2. The highest BCUT2D eigenvalue weighted by Crippen LogP contribution is 2.35. The van der Waals surface area contributed by atoms with Crippen LogP contribution in [0.25, 0.3) is 0 Å². The van der Waals surface area contributed by atoms with Crippen LogP contribution in [0.15, 0.2) is 0 Å². The molecule has 0 spiro atoms. The molecule has 1 rings (SSSR count). The lowest BCUT2D eigenvalue weighted by molar-refractivity contribution is -0.157. The molecule has 3 N–H and O–H groups in total. The van der Waals surface area contributed by atoms with Crippen molar-refractivity contribution in [3.05, 3.63) is 0 Å². The Balaban J connectivity index is 2.58. The molecular weight excluding hydrogens is 328 g/mol. The fourth-order valence-electron chi connectivity index (χ4n) is 4.14. The number of hydrogen-bond donors (Lipinski definition) is 2. The van der Waals surface area contributed by atoms with E-state index in [0.29, 0.717) is 37.1 Å². The number of nitrogens with one attached hydrogen (secondary N) is 1. The van der Waals surface area contributed by atoms with E-state index in [9.17, 15) is 9.59 Å². The van der Waals surface area contributed by atoms with Gasteiger partial charge in [0.25, 0.3) is 0 Å². The molecule has 152 valence electrons. The van der Waals surface area contributed by atoms with Crippen LogP contribution >= 0.6 is 0 Å². The Morgan fingerprint density at radius 2 is 1.92 bits per heavy atom. The van der Waals surface area contributed by atoms with Crippen LogP contribution < -0.4 is 11.1 Å². The monoisotopic (exact) mass is 368 g/mol. The summed E-state index contributed by atoms with van der Waals surface area (Å²) < 4.78 is 5.93. The Labute approximate surface area is 159 Å². The molecular formula is C21H40N2O3. The zero-order valence-electron chi connectivity index (χ0n) is 17.4. The maximum atomic E-state index is 12.6. The number of primary amides is 1. The van der Waals surface area contributed by atoms with E-state index < -0.39 is 0 Å². The first-order chi connectivity index (χ1) is 12.3. The van der Waals surface area contributed by atoms with Crippen LogP contribution in [-0.4, -0.2) is 30.6 Å². The molecule has 5 atom stereocenters. The van der Waals surface area contributed by atoms with Crippen LogP contribution in [0, 0.1) is 23.7 Å². The molecule has 1 aliphatic rings. The number of esters is 1. The highest BCUT2D eigenvalue weighted by Gasteiger charge is 2.33. The second kappa shape index (κ2) is 11.6. The topological polar surface area (TPSA) is 81.4 Å². The number of carbonyl (C=O) groups is 2. The molecule has 0 aliphatic heterocycles. The molecule has 1 fully saturated rings. The van der Waals surface area contributed by atoms with Gasteiger partial charge in [0.05, 0.1) is 6.04 Å². The Morgan fingerprint density at radius 3 is 2.46 bits per heavy atom. The first-order valence-electron chi connectivity index (χ1n) is 10.5. The van der Waals surface area contributed by atoms with Crippen molar-refractivity contribution < 1.29 is 14.3 Å². The van der Waals surface area contributed by atoms with Crippen molar-refractivity contribution in [3.63, 3.8) is 0 Å². The molecule has 0 radical (unpaired) electrons. The van der Waals surface area contributed by atoms with Gasteiger partial charge in [0.1, 0.15) is 6.10 Å². The average molecular weight is 369 g/mol. The van der Waals surface area contributed by atoms with Crippen molar-refractivity contribution in [1.29, 1.82) is 0 Å². The fourth-order valence-corrected chi connectivity index (χ4v) is 4.14. The van der Waals surface area contributed by atoms with Gasteiger partial charge < -0.3 is 15.8 Å². The quantitative estimate of drug-likeness (QED) is 0.545. The number of ether oxygens (including phenoxy) is 1. The van der Waals surface area contributed by atoms with Gasteiger partial charge in [-0.1, -0.05) is 47.5 Å². The zero-order valence-corrected chi connectivity index (χ0v) is 17.4. The Bertz CT molecular complexity index is 439. The van der Waals surface area contributed by atoms with Gasteiger partial charge in [-0.3, -0.25) is 9.59 Å². The highest BCUT2D eigenvalue weighted by molar-refractivity contribution is 5.79. The minimum absolute atomic E-state index is 0.0514. The lowest BCUT2D eigenvalue weighted by Crippen LogP contribution is -2.43. The van der Waals surface area contributed by atoms with Crippen LogP contribution in [0.1, 0.15) is 79.6 Å².